The number of aromatic nitrogens is 3. The monoisotopic (exact) mass is 311 g/mol. The molecule has 0 aliphatic carbocycles. The molecule has 0 saturated carbocycles. The van der Waals surface area contributed by atoms with E-state index in [1.165, 1.54) is 4.57 Å². The Kier molecular flexibility index (Phi) is 3.73. The highest BCUT2D eigenvalue weighted by atomic mass is 16.5. The van der Waals surface area contributed by atoms with Gasteiger partial charge in [0.15, 0.2) is 0 Å². The second-order valence-electron chi connectivity index (χ2n) is 5.22. The molecule has 0 aliphatic heterocycles. The zero-order valence-electron chi connectivity index (χ0n) is 13.5. The summed E-state index contributed by atoms with van der Waals surface area (Å²) in [5.41, 5.74) is 1.75. The molecule has 6 nitrogen and oxygen atoms in total. The summed E-state index contributed by atoms with van der Waals surface area (Å²) < 4.78 is 12.1. The van der Waals surface area contributed by atoms with Crippen molar-refractivity contribution in [1.29, 1.82) is 0 Å². The fraction of sp³-hybridized carbons (Fsp3) is 0.235. The Morgan fingerprint density at radius 1 is 1.04 bits per heavy atom. The third-order valence-corrected chi connectivity index (χ3v) is 3.73. The van der Waals surface area contributed by atoms with Crippen molar-refractivity contribution in [3.8, 4) is 22.6 Å². The molecule has 0 aliphatic rings. The number of pyridine rings is 1. The normalized spacial score (nSPS) is 10.8. The highest BCUT2D eigenvalue weighted by Crippen LogP contribution is 2.29. The lowest BCUT2D eigenvalue weighted by Gasteiger charge is -2.11. The lowest BCUT2D eigenvalue weighted by Crippen LogP contribution is -2.20. The summed E-state index contributed by atoms with van der Waals surface area (Å²) in [6, 6.07) is 7.17. The van der Waals surface area contributed by atoms with Crippen molar-refractivity contribution in [1.82, 2.24) is 14.5 Å². The van der Waals surface area contributed by atoms with Crippen LogP contribution in [-0.4, -0.2) is 28.8 Å². The van der Waals surface area contributed by atoms with Crippen LogP contribution in [0.3, 0.4) is 0 Å². The maximum absolute atomic E-state index is 12.7. The molecule has 2 aromatic heterocycles. The third-order valence-electron chi connectivity index (χ3n) is 3.73. The molecule has 118 valence electrons. The molecule has 0 amide bonds. The van der Waals surface area contributed by atoms with Gasteiger partial charge in [0, 0.05) is 30.3 Å². The summed E-state index contributed by atoms with van der Waals surface area (Å²) in [6.07, 6.45) is 1.72. The first-order valence-corrected chi connectivity index (χ1v) is 7.10. The van der Waals surface area contributed by atoms with Crippen molar-refractivity contribution in [3.63, 3.8) is 0 Å². The first kappa shape index (κ1) is 15.0. The fourth-order valence-corrected chi connectivity index (χ4v) is 2.50. The Bertz CT molecular complexity index is 925. The van der Waals surface area contributed by atoms with Crippen molar-refractivity contribution in [3.05, 3.63) is 46.6 Å². The predicted molar refractivity (Wildman–Crippen MR) is 88.1 cm³/mol. The van der Waals surface area contributed by atoms with E-state index in [1.807, 2.05) is 0 Å². The minimum absolute atomic E-state index is 0.133. The molecule has 0 unspecified atom stereocenters. The lowest BCUT2D eigenvalue weighted by molar-refractivity contribution is 0.394. The summed E-state index contributed by atoms with van der Waals surface area (Å²) in [5, 5.41) is 0.800. The van der Waals surface area contributed by atoms with Crippen LogP contribution in [-0.2, 0) is 7.05 Å². The van der Waals surface area contributed by atoms with Crippen LogP contribution in [0.15, 0.2) is 35.3 Å². The Morgan fingerprint density at radius 3 is 2.30 bits per heavy atom. The molecule has 0 spiro atoms. The van der Waals surface area contributed by atoms with Crippen molar-refractivity contribution >= 4 is 11.0 Å². The number of rotatable bonds is 3. The molecular formula is C17H17N3O3. The van der Waals surface area contributed by atoms with E-state index in [-0.39, 0.29) is 5.56 Å². The number of nitrogens with zero attached hydrogens (tertiary/aromatic N) is 3. The topological polar surface area (TPSA) is 66.2 Å². The third kappa shape index (κ3) is 2.63. The zero-order valence-corrected chi connectivity index (χ0v) is 13.5. The van der Waals surface area contributed by atoms with E-state index in [9.17, 15) is 4.79 Å². The van der Waals surface area contributed by atoms with Gasteiger partial charge in [-0.05, 0) is 30.7 Å². The van der Waals surface area contributed by atoms with E-state index in [0.29, 0.717) is 28.5 Å². The number of methoxy groups -OCH3 is 2. The number of benzene rings is 1. The predicted octanol–water partition coefficient (Wildman–Crippen LogP) is 2.32. The Morgan fingerprint density at radius 2 is 1.70 bits per heavy atom. The molecular weight excluding hydrogens is 294 g/mol. The average molecular weight is 311 g/mol. The molecule has 0 bridgehead atoms. The van der Waals surface area contributed by atoms with Gasteiger partial charge in [-0.2, -0.15) is 0 Å². The van der Waals surface area contributed by atoms with Crippen LogP contribution in [0.4, 0.5) is 0 Å². The van der Waals surface area contributed by atoms with Gasteiger partial charge in [-0.1, -0.05) is 0 Å². The van der Waals surface area contributed by atoms with Crippen LogP contribution in [0.5, 0.6) is 11.5 Å². The van der Waals surface area contributed by atoms with Gasteiger partial charge in [0.2, 0.25) is 0 Å². The van der Waals surface area contributed by atoms with Gasteiger partial charge in [0.05, 0.1) is 14.2 Å². The number of fused-ring (bicyclic) bond motifs is 1. The number of hydrogen-bond donors (Lipinski definition) is 0. The van der Waals surface area contributed by atoms with Gasteiger partial charge in [0.1, 0.15) is 23.0 Å². The second-order valence-corrected chi connectivity index (χ2v) is 5.22. The van der Waals surface area contributed by atoms with Crippen molar-refractivity contribution in [2.24, 2.45) is 7.05 Å². The SMILES string of the molecule is COc1cc(OC)cc(-c2cc3cnc(C)nc3n(C)c2=O)c1. The molecule has 0 radical (unpaired) electrons. The summed E-state index contributed by atoms with van der Waals surface area (Å²) in [4.78, 5) is 21.3. The number of ether oxygens (including phenoxy) is 2. The minimum atomic E-state index is -0.133. The van der Waals surface area contributed by atoms with Crippen LogP contribution in [0.1, 0.15) is 5.82 Å². The van der Waals surface area contributed by atoms with E-state index in [2.05, 4.69) is 9.97 Å². The van der Waals surface area contributed by atoms with Gasteiger partial charge >= 0.3 is 0 Å². The van der Waals surface area contributed by atoms with Crippen LogP contribution in [0.25, 0.3) is 22.2 Å². The smallest absolute Gasteiger partial charge is 0.259 e. The first-order chi connectivity index (χ1) is 11.0. The van der Waals surface area contributed by atoms with E-state index in [0.717, 1.165) is 10.9 Å². The molecule has 0 atom stereocenters. The standard InChI is InChI=1S/C17H17N3O3/c1-10-18-9-12-7-15(17(21)20(2)16(12)19-10)11-5-13(22-3)8-14(6-11)23-4/h5-9H,1-4H3. The van der Waals surface area contributed by atoms with Gasteiger partial charge in [-0.25, -0.2) is 9.97 Å². The van der Waals surface area contributed by atoms with E-state index >= 15 is 0 Å². The fourth-order valence-electron chi connectivity index (χ4n) is 2.50. The molecule has 0 fully saturated rings. The summed E-state index contributed by atoms with van der Waals surface area (Å²) >= 11 is 0. The second kappa shape index (κ2) is 5.72. The molecule has 3 rings (SSSR count). The molecule has 23 heavy (non-hydrogen) atoms. The van der Waals surface area contributed by atoms with Crippen LogP contribution in [0, 0.1) is 6.92 Å². The van der Waals surface area contributed by atoms with E-state index in [1.54, 1.807) is 58.7 Å². The van der Waals surface area contributed by atoms with Crippen molar-refractivity contribution < 1.29 is 9.47 Å². The highest BCUT2D eigenvalue weighted by molar-refractivity contribution is 5.81. The maximum Gasteiger partial charge on any atom is 0.259 e. The highest BCUT2D eigenvalue weighted by Gasteiger charge is 2.12. The van der Waals surface area contributed by atoms with Gasteiger partial charge in [-0.3, -0.25) is 9.36 Å². The quantitative estimate of drug-likeness (QED) is 0.742. The number of hydrogen-bond acceptors (Lipinski definition) is 5. The summed E-state index contributed by atoms with van der Waals surface area (Å²) in [7, 11) is 4.86. The van der Waals surface area contributed by atoms with Crippen LogP contribution in [0.2, 0.25) is 0 Å². The van der Waals surface area contributed by atoms with E-state index < -0.39 is 0 Å². The Labute approximate surface area is 133 Å². The first-order valence-electron chi connectivity index (χ1n) is 7.10. The van der Waals surface area contributed by atoms with Crippen molar-refractivity contribution in [2.75, 3.05) is 14.2 Å². The lowest BCUT2D eigenvalue weighted by atomic mass is 10.1. The van der Waals surface area contributed by atoms with Crippen molar-refractivity contribution in [2.45, 2.75) is 6.92 Å². The van der Waals surface area contributed by atoms with Crippen LogP contribution >= 0.6 is 0 Å². The molecule has 0 saturated heterocycles. The minimum Gasteiger partial charge on any atom is -0.497 e. The van der Waals surface area contributed by atoms with Gasteiger partial charge < -0.3 is 9.47 Å². The zero-order chi connectivity index (χ0) is 16.6. The van der Waals surface area contributed by atoms with E-state index in [4.69, 9.17) is 9.47 Å². The maximum atomic E-state index is 12.7. The molecule has 0 N–H and O–H groups in total. The summed E-state index contributed by atoms with van der Waals surface area (Å²) in [5.74, 6) is 1.88. The molecule has 2 heterocycles. The molecule has 1 aromatic carbocycles. The Hall–Kier alpha value is -2.89. The Balaban J connectivity index is 2.30. The average Bonchev–Trinajstić information content (AvgIpc) is 2.58. The molecule has 6 heteroatoms. The van der Waals surface area contributed by atoms with Crippen LogP contribution < -0.4 is 15.0 Å². The molecule has 3 aromatic rings. The largest absolute Gasteiger partial charge is 0.497 e. The summed E-state index contributed by atoms with van der Waals surface area (Å²) in [6.45, 7) is 1.80. The number of aryl methyl sites for hydroxylation is 2. The van der Waals surface area contributed by atoms with Gasteiger partial charge in [0.25, 0.3) is 5.56 Å². The van der Waals surface area contributed by atoms with Gasteiger partial charge in [-0.15, -0.1) is 0 Å².